The van der Waals surface area contributed by atoms with E-state index in [0.717, 1.165) is 44.3 Å². The van der Waals surface area contributed by atoms with Gasteiger partial charge in [0.1, 0.15) is 18.1 Å². The van der Waals surface area contributed by atoms with Gasteiger partial charge in [0.25, 0.3) is 0 Å². The molecule has 0 spiro atoms. The lowest BCUT2D eigenvalue weighted by molar-refractivity contribution is -0.137. The summed E-state index contributed by atoms with van der Waals surface area (Å²) in [5, 5.41) is 18.6. The second kappa shape index (κ2) is 13.3. The highest BCUT2D eigenvalue weighted by atomic mass is 16.5. The van der Waals surface area contributed by atoms with Crippen LogP contribution < -0.4 is 4.74 Å². The highest BCUT2D eigenvalue weighted by Gasteiger charge is 2.15. The molecule has 1 rings (SSSR count). The molecule has 0 radical (unpaired) electrons. The number of ether oxygens (including phenoxy) is 1. The van der Waals surface area contributed by atoms with E-state index in [2.05, 4.69) is 0 Å². The van der Waals surface area contributed by atoms with Crippen molar-refractivity contribution in [2.24, 2.45) is 5.92 Å². The van der Waals surface area contributed by atoms with E-state index in [1.165, 1.54) is 0 Å². The van der Waals surface area contributed by atoms with E-state index >= 15 is 0 Å². The number of rotatable bonds is 15. The van der Waals surface area contributed by atoms with Gasteiger partial charge in [0, 0.05) is 12.3 Å². The third-order valence-electron chi connectivity index (χ3n) is 4.54. The largest absolute Gasteiger partial charge is 0.491 e. The fourth-order valence-corrected chi connectivity index (χ4v) is 2.96. The number of carboxylic acid groups (broad SMARTS) is 1. The Kier molecular flexibility index (Phi) is 11.4. The van der Waals surface area contributed by atoms with E-state index < -0.39 is 12.1 Å². The minimum atomic E-state index is -0.749. The van der Waals surface area contributed by atoms with E-state index in [0.29, 0.717) is 12.8 Å². The molecule has 0 amide bonds. The predicted molar refractivity (Wildman–Crippen MR) is 101 cm³/mol. The van der Waals surface area contributed by atoms with Crippen molar-refractivity contribution in [3.8, 4) is 5.75 Å². The molecule has 2 atom stereocenters. The Hall–Kier alpha value is -1.88. The number of hydrogen-bond donors (Lipinski definition) is 2. The quantitative estimate of drug-likeness (QED) is 0.455. The lowest BCUT2D eigenvalue weighted by atomic mass is 9.91. The van der Waals surface area contributed by atoms with Crippen molar-refractivity contribution >= 4 is 11.8 Å². The summed E-state index contributed by atoms with van der Waals surface area (Å²) in [6, 6.07) is 9.41. The molecule has 1 aromatic carbocycles. The molecule has 0 aliphatic rings. The SMILES string of the molecule is CC(=O)C(CCCCCCC(=O)O)CCCC(O)COc1ccccc1. The highest BCUT2D eigenvalue weighted by molar-refractivity contribution is 5.78. The molecule has 0 aliphatic carbocycles. The normalized spacial score (nSPS) is 13.2. The van der Waals surface area contributed by atoms with Gasteiger partial charge in [-0.2, -0.15) is 0 Å². The summed E-state index contributed by atoms with van der Waals surface area (Å²) in [4.78, 5) is 22.2. The summed E-state index contributed by atoms with van der Waals surface area (Å²) < 4.78 is 5.53. The maximum Gasteiger partial charge on any atom is 0.303 e. The Morgan fingerprint density at radius 2 is 1.62 bits per heavy atom. The third kappa shape index (κ3) is 10.9. The predicted octanol–water partition coefficient (Wildman–Crippen LogP) is 4.23. The molecular formula is C21H32O5. The molecule has 26 heavy (non-hydrogen) atoms. The summed E-state index contributed by atoms with van der Waals surface area (Å²) in [5.74, 6) is 0.236. The summed E-state index contributed by atoms with van der Waals surface area (Å²) in [7, 11) is 0. The van der Waals surface area contributed by atoms with Crippen molar-refractivity contribution in [1.82, 2.24) is 0 Å². The number of hydrogen-bond acceptors (Lipinski definition) is 4. The number of aliphatic carboxylic acids is 1. The van der Waals surface area contributed by atoms with Crippen LogP contribution in [-0.2, 0) is 9.59 Å². The van der Waals surface area contributed by atoms with Crippen molar-refractivity contribution in [3.63, 3.8) is 0 Å². The van der Waals surface area contributed by atoms with Crippen LogP contribution in [0.2, 0.25) is 0 Å². The minimum Gasteiger partial charge on any atom is -0.491 e. The summed E-state index contributed by atoms with van der Waals surface area (Å²) >= 11 is 0. The van der Waals surface area contributed by atoms with E-state index in [1.54, 1.807) is 6.92 Å². The molecule has 0 fully saturated rings. The standard InChI is InChI=1S/C21H32O5/c1-17(22)18(10-5-2-3-8-15-21(24)25)11-9-12-19(23)16-26-20-13-6-4-7-14-20/h4,6-7,13-14,18-19,23H,2-3,5,8-12,15-16H2,1H3,(H,24,25). The van der Waals surface area contributed by atoms with Gasteiger partial charge in [-0.25, -0.2) is 0 Å². The molecule has 2 unspecified atom stereocenters. The number of para-hydroxylation sites is 1. The molecule has 1 aromatic rings. The Bertz CT molecular complexity index is 514. The summed E-state index contributed by atoms with van der Waals surface area (Å²) in [5.41, 5.74) is 0. The maximum absolute atomic E-state index is 11.8. The second-order valence-electron chi connectivity index (χ2n) is 6.86. The average Bonchev–Trinajstić information content (AvgIpc) is 2.61. The van der Waals surface area contributed by atoms with Gasteiger partial charge in [-0.3, -0.25) is 9.59 Å². The fourth-order valence-electron chi connectivity index (χ4n) is 2.96. The Balaban J connectivity index is 2.14. The van der Waals surface area contributed by atoms with Crippen molar-refractivity contribution in [1.29, 1.82) is 0 Å². The van der Waals surface area contributed by atoms with Crippen LogP contribution in [0.1, 0.15) is 64.7 Å². The second-order valence-corrected chi connectivity index (χ2v) is 6.86. The lowest BCUT2D eigenvalue weighted by Crippen LogP contribution is -2.18. The van der Waals surface area contributed by atoms with Crippen molar-refractivity contribution in [2.75, 3.05) is 6.61 Å². The lowest BCUT2D eigenvalue weighted by Gasteiger charge is -2.16. The number of carboxylic acids is 1. The number of carbonyl (C=O) groups excluding carboxylic acids is 1. The van der Waals surface area contributed by atoms with Crippen LogP contribution in [0.15, 0.2) is 30.3 Å². The van der Waals surface area contributed by atoms with Crippen LogP contribution in [0, 0.1) is 5.92 Å². The van der Waals surface area contributed by atoms with Gasteiger partial charge < -0.3 is 14.9 Å². The zero-order chi connectivity index (χ0) is 19.2. The molecule has 0 saturated carbocycles. The number of benzene rings is 1. The molecule has 0 saturated heterocycles. The zero-order valence-corrected chi connectivity index (χ0v) is 15.7. The van der Waals surface area contributed by atoms with E-state index in [1.807, 2.05) is 30.3 Å². The van der Waals surface area contributed by atoms with E-state index in [9.17, 15) is 14.7 Å². The summed E-state index contributed by atoms with van der Waals surface area (Å²) in [6.07, 6.45) is 6.25. The number of carbonyl (C=O) groups is 2. The fraction of sp³-hybridized carbons (Fsp3) is 0.619. The Labute approximate surface area is 156 Å². The topological polar surface area (TPSA) is 83.8 Å². The van der Waals surface area contributed by atoms with Crippen molar-refractivity contribution in [3.05, 3.63) is 30.3 Å². The Morgan fingerprint density at radius 1 is 0.962 bits per heavy atom. The maximum atomic E-state index is 11.8. The minimum absolute atomic E-state index is 0.0386. The zero-order valence-electron chi connectivity index (χ0n) is 15.7. The van der Waals surface area contributed by atoms with Crippen molar-refractivity contribution < 1.29 is 24.5 Å². The summed E-state index contributed by atoms with van der Waals surface area (Å²) in [6.45, 7) is 1.89. The van der Waals surface area contributed by atoms with Crippen LogP contribution in [0.4, 0.5) is 0 Å². The first-order valence-electron chi connectivity index (χ1n) is 9.57. The Morgan fingerprint density at radius 3 is 2.27 bits per heavy atom. The van der Waals surface area contributed by atoms with Gasteiger partial charge in [0.2, 0.25) is 0 Å². The first-order valence-corrected chi connectivity index (χ1v) is 9.57. The van der Waals surface area contributed by atoms with Crippen LogP contribution in [0.3, 0.4) is 0 Å². The van der Waals surface area contributed by atoms with Gasteiger partial charge >= 0.3 is 5.97 Å². The molecule has 0 aliphatic heterocycles. The van der Waals surface area contributed by atoms with Gasteiger partial charge in [0.15, 0.2) is 0 Å². The smallest absolute Gasteiger partial charge is 0.303 e. The number of ketones is 1. The van der Waals surface area contributed by atoms with Gasteiger partial charge in [0.05, 0.1) is 6.10 Å². The van der Waals surface area contributed by atoms with Crippen LogP contribution >= 0.6 is 0 Å². The molecule has 2 N–H and O–H groups in total. The molecule has 5 heteroatoms. The molecule has 5 nitrogen and oxygen atoms in total. The van der Waals surface area contributed by atoms with Crippen LogP contribution in [-0.4, -0.2) is 34.7 Å². The number of aliphatic hydroxyl groups is 1. The first kappa shape index (κ1) is 22.2. The van der Waals surface area contributed by atoms with Gasteiger partial charge in [-0.15, -0.1) is 0 Å². The highest BCUT2D eigenvalue weighted by Crippen LogP contribution is 2.19. The average molecular weight is 364 g/mol. The first-order chi connectivity index (χ1) is 12.5. The number of unbranched alkanes of at least 4 members (excludes halogenated alkanes) is 3. The molecule has 146 valence electrons. The van der Waals surface area contributed by atoms with Crippen molar-refractivity contribution in [2.45, 2.75) is 70.8 Å². The molecule has 0 aromatic heterocycles. The van der Waals surface area contributed by atoms with E-state index in [4.69, 9.17) is 9.84 Å². The van der Waals surface area contributed by atoms with Crippen LogP contribution in [0.25, 0.3) is 0 Å². The van der Waals surface area contributed by atoms with Gasteiger partial charge in [-0.1, -0.05) is 43.9 Å². The monoisotopic (exact) mass is 364 g/mol. The third-order valence-corrected chi connectivity index (χ3v) is 4.54. The number of Topliss-reactive ketones (excluding diaryl/α,β-unsaturated/α-hetero) is 1. The van der Waals surface area contributed by atoms with Crippen LogP contribution in [0.5, 0.6) is 5.75 Å². The molecular weight excluding hydrogens is 332 g/mol. The van der Waals surface area contributed by atoms with E-state index in [-0.39, 0.29) is 24.7 Å². The number of aliphatic hydroxyl groups excluding tert-OH is 1. The van der Waals surface area contributed by atoms with Gasteiger partial charge in [-0.05, 0) is 44.7 Å². The molecule has 0 bridgehead atoms. The molecule has 0 heterocycles.